The van der Waals surface area contributed by atoms with E-state index in [1.807, 2.05) is 0 Å². The van der Waals surface area contributed by atoms with Crippen molar-refractivity contribution < 1.29 is 17.2 Å². The Morgan fingerprint density at radius 3 is 2.53 bits per heavy atom. The van der Waals surface area contributed by atoms with E-state index in [9.17, 15) is 17.2 Å². The van der Waals surface area contributed by atoms with E-state index in [0.29, 0.717) is 12.8 Å². The van der Waals surface area contributed by atoms with E-state index in [1.54, 1.807) is 0 Å². The maximum absolute atomic E-state index is 13.7. The van der Waals surface area contributed by atoms with Crippen LogP contribution in [-0.2, 0) is 16.6 Å². The maximum Gasteiger partial charge on any atom is 0.235 e. The lowest BCUT2D eigenvalue weighted by molar-refractivity contribution is 0.558. The van der Waals surface area contributed by atoms with Crippen LogP contribution >= 0.6 is 0 Å². The fourth-order valence-electron chi connectivity index (χ4n) is 1.48. The molecule has 1 fully saturated rings. The molecular weight excluding hydrogens is 250 g/mol. The molecule has 7 heteroatoms. The molecule has 1 aromatic carbocycles. The molecule has 2 rings (SSSR count). The Morgan fingerprint density at radius 1 is 1.35 bits per heavy atom. The smallest absolute Gasteiger partial charge is 0.235 e. The lowest BCUT2D eigenvalue weighted by Gasteiger charge is -2.10. The molecular formula is C10H12F2N2O2S. The third kappa shape index (κ3) is 2.39. The van der Waals surface area contributed by atoms with Crippen LogP contribution in [0, 0.1) is 11.6 Å². The molecule has 1 aliphatic carbocycles. The number of anilines is 1. The van der Waals surface area contributed by atoms with Crippen LogP contribution in [0.2, 0.25) is 0 Å². The van der Waals surface area contributed by atoms with Crippen LogP contribution in [0.15, 0.2) is 12.1 Å². The number of nitrogens with two attached hydrogens (primary N) is 1. The highest BCUT2D eigenvalue weighted by Crippen LogP contribution is 2.31. The molecule has 0 unspecified atom stereocenters. The Labute approximate surface area is 97.9 Å². The third-order valence-electron chi connectivity index (χ3n) is 2.61. The van der Waals surface area contributed by atoms with E-state index in [-0.39, 0.29) is 17.8 Å². The standard InChI is InChI=1S/C10H12F2N2O2S/c11-8-3-4-9(10(12)7(8)5-13)14-17(15,16)6-1-2-6/h3-4,6,14H,1-2,5,13H2. The van der Waals surface area contributed by atoms with Crippen LogP contribution in [0.3, 0.4) is 0 Å². The van der Waals surface area contributed by atoms with Crippen LogP contribution in [0.5, 0.6) is 0 Å². The van der Waals surface area contributed by atoms with Gasteiger partial charge in [0.05, 0.1) is 10.9 Å². The summed E-state index contributed by atoms with van der Waals surface area (Å²) in [5.41, 5.74) is 4.63. The van der Waals surface area contributed by atoms with E-state index in [4.69, 9.17) is 5.73 Å². The Morgan fingerprint density at radius 2 is 2.00 bits per heavy atom. The van der Waals surface area contributed by atoms with Gasteiger partial charge in [-0.15, -0.1) is 0 Å². The number of hydrogen-bond acceptors (Lipinski definition) is 3. The summed E-state index contributed by atoms with van der Waals surface area (Å²) in [6, 6.07) is 2.06. The first-order chi connectivity index (χ1) is 7.95. The van der Waals surface area contributed by atoms with Crippen molar-refractivity contribution in [1.82, 2.24) is 0 Å². The molecule has 1 aliphatic rings. The number of sulfonamides is 1. The second-order valence-electron chi connectivity index (χ2n) is 3.94. The summed E-state index contributed by atoms with van der Waals surface area (Å²) < 4.78 is 52.2. The van der Waals surface area contributed by atoms with Crippen molar-refractivity contribution in [2.75, 3.05) is 4.72 Å². The van der Waals surface area contributed by atoms with Crippen molar-refractivity contribution in [3.63, 3.8) is 0 Å². The van der Waals surface area contributed by atoms with Crippen LogP contribution in [-0.4, -0.2) is 13.7 Å². The zero-order chi connectivity index (χ0) is 12.6. The zero-order valence-corrected chi connectivity index (χ0v) is 9.73. The quantitative estimate of drug-likeness (QED) is 0.859. The Bertz CT molecular complexity index is 541. The highest BCUT2D eigenvalue weighted by Gasteiger charge is 2.36. The fraction of sp³-hybridized carbons (Fsp3) is 0.400. The summed E-state index contributed by atoms with van der Waals surface area (Å²) in [5, 5.41) is -0.465. The van der Waals surface area contributed by atoms with E-state index < -0.39 is 26.9 Å². The van der Waals surface area contributed by atoms with Crippen molar-refractivity contribution in [1.29, 1.82) is 0 Å². The monoisotopic (exact) mass is 262 g/mol. The topological polar surface area (TPSA) is 72.2 Å². The Hall–Kier alpha value is -1.21. The van der Waals surface area contributed by atoms with Gasteiger partial charge in [-0.05, 0) is 25.0 Å². The Kier molecular flexibility index (Phi) is 3.05. The molecule has 0 amide bonds. The molecule has 0 heterocycles. The summed E-state index contributed by atoms with van der Waals surface area (Å²) in [7, 11) is -3.55. The molecule has 0 radical (unpaired) electrons. The second kappa shape index (κ2) is 4.23. The highest BCUT2D eigenvalue weighted by atomic mass is 32.2. The average molecular weight is 262 g/mol. The third-order valence-corrected chi connectivity index (χ3v) is 4.46. The second-order valence-corrected chi connectivity index (χ2v) is 5.90. The van der Waals surface area contributed by atoms with Gasteiger partial charge in [0, 0.05) is 12.1 Å². The number of rotatable bonds is 4. The minimum atomic E-state index is -3.55. The van der Waals surface area contributed by atoms with Crippen LogP contribution < -0.4 is 10.5 Å². The summed E-state index contributed by atoms with van der Waals surface area (Å²) in [6.45, 7) is -0.323. The molecule has 1 aromatic rings. The zero-order valence-electron chi connectivity index (χ0n) is 8.91. The Balaban J connectivity index is 2.33. The highest BCUT2D eigenvalue weighted by molar-refractivity contribution is 7.93. The van der Waals surface area contributed by atoms with Crippen molar-refractivity contribution in [2.45, 2.75) is 24.6 Å². The molecule has 1 saturated carbocycles. The van der Waals surface area contributed by atoms with Crippen molar-refractivity contribution in [3.05, 3.63) is 29.3 Å². The lowest BCUT2D eigenvalue weighted by Crippen LogP contribution is -2.19. The summed E-state index contributed by atoms with van der Waals surface area (Å²) in [5.74, 6) is -1.73. The van der Waals surface area contributed by atoms with Gasteiger partial charge < -0.3 is 5.73 Å². The van der Waals surface area contributed by atoms with Gasteiger partial charge >= 0.3 is 0 Å². The molecule has 3 N–H and O–H groups in total. The fourth-order valence-corrected chi connectivity index (χ4v) is 2.87. The van der Waals surface area contributed by atoms with Crippen molar-refractivity contribution in [3.8, 4) is 0 Å². The first-order valence-corrected chi connectivity index (χ1v) is 6.69. The van der Waals surface area contributed by atoms with Crippen molar-refractivity contribution in [2.24, 2.45) is 5.73 Å². The van der Waals surface area contributed by atoms with Gasteiger partial charge in [0.15, 0.2) is 5.82 Å². The molecule has 0 aliphatic heterocycles. The van der Waals surface area contributed by atoms with Gasteiger partial charge in [0.1, 0.15) is 5.82 Å². The lowest BCUT2D eigenvalue weighted by atomic mass is 10.2. The molecule has 94 valence electrons. The maximum atomic E-state index is 13.7. The van der Waals surface area contributed by atoms with Gasteiger partial charge in [0.25, 0.3) is 0 Å². The van der Waals surface area contributed by atoms with Gasteiger partial charge in [0.2, 0.25) is 10.0 Å². The number of nitrogens with one attached hydrogen (secondary N) is 1. The van der Waals surface area contributed by atoms with Crippen LogP contribution in [0.1, 0.15) is 18.4 Å². The van der Waals surface area contributed by atoms with Crippen LogP contribution in [0.25, 0.3) is 0 Å². The van der Waals surface area contributed by atoms with Gasteiger partial charge in [-0.2, -0.15) is 0 Å². The summed E-state index contributed by atoms with van der Waals surface area (Å²) >= 11 is 0. The average Bonchev–Trinajstić information content (AvgIpc) is 3.07. The predicted octanol–water partition coefficient (Wildman–Crippen LogP) is 1.33. The van der Waals surface area contributed by atoms with Crippen LogP contribution in [0.4, 0.5) is 14.5 Å². The first kappa shape index (κ1) is 12.3. The number of hydrogen-bond donors (Lipinski definition) is 2. The first-order valence-electron chi connectivity index (χ1n) is 5.14. The predicted molar refractivity (Wildman–Crippen MR) is 59.8 cm³/mol. The largest absolute Gasteiger partial charge is 0.326 e. The SMILES string of the molecule is NCc1c(F)ccc(NS(=O)(=O)C2CC2)c1F. The normalized spacial score (nSPS) is 15.9. The minimum Gasteiger partial charge on any atom is -0.326 e. The number of benzene rings is 1. The molecule has 0 aromatic heterocycles. The summed E-state index contributed by atoms with van der Waals surface area (Å²) in [4.78, 5) is 0. The molecule has 0 atom stereocenters. The summed E-state index contributed by atoms with van der Waals surface area (Å²) in [6.07, 6.45) is 1.14. The molecule has 0 bridgehead atoms. The van der Waals surface area contributed by atoms with E-state index >= 15 is 0 Å². The minimum absolute atomic E-state index is 0.251. The van der Waals surface area contributed by atoms with Gasteiger partial charge in [-0.25, -0.2) is 17.2 Å². The number of halogens is 2. The molecule has 0 saturated heterocycles. The van der Waals surface area contributed by atoms with E-state index in [1.165, 1.54) is 0 Å². The van der Waals surface area contributed by atoms with Gasteiger partial charge in [-0.1, -0.05) is 0 Å². The van der Waals surface area contributed by atoms with Crippen molar-refractivity contribution >= 4 is 15.7 Å². The molecule has 4 nitrogen and oxygen atoms in total. The van der Waals surface area contributed by atoms with Gasteiger partial charge in [-0.3, -0.25) is 4.72 Å². The van der Waals surface area contributed by atoms with E-state index in [0.717, 1.165) is 12.1 Å². The van der Waals surface area contributed by atoms with E-state index in [2.05, 4.69) is 4.72 Å². The molecule has 17 heavy (non-hydrogen) atoms. The molecule has 0 spiro atoms.